The molecule has 4 nitrogen and oxygen atoms in total. The van der Waals surface area contributed by atoms with Gasteiger partial charge in [0.2, 0.25) is 0 Å². The van der Waals surface area contributed by atoms with E-state index in [-0.39, 0.29) is 18.6 Å². The van der Waals surface area contributed by atoms with Gasteiger partial charge in [0.1, 0.15) is 0 Å². The van der Waals surface area contributed by atoms with Gasteiger partial charge in [-0.25, -0.2) is 0 Å². The number of hydrogen-bond acceptors (Lipinski definition) is 3. The van der Waals surface area contributed by atoms with Crippen LogP contribution in [0.2, 0.25) is 0 Å². The van der Waals surface area contributed by atoms with Crippen molar-refractivity contribution >= 4 is 11.6 Å². The molecular weight excluding hydrogens is 264 g/mol. The molecule has 0 aliphatic carbocycles. The van der Waals surface area contributed by atoms with Gasteiger partial charge in [0.25, 0.3) is 5.91 Å². The molecule has 0 radical (unpaired) electrons. The smallest absolute Gasteiger partial charge is 0.251 e. The zero-order valence-corrected chi connectivity index (χ0v) is 13.6. The summed E-state index contributed by atoms with van der Waals surface area (Å²) in [5.41, 5.74) is 1.77. The summed E-state index contributed by atoms with van der Waals surface area (Å²) in [6, 6.07) is 7.66. The molecule has 0 bridgehead atoms. The highest BCUT2D eigenvalue weighted by Crippen LogP contribution is 2.15. The van der Waals surface area contributed by atoms with Crippen molar-refractivity contribution in [1.82, 2.24) is 5.32 Å². The molecule has 2 N–H and O–H groups in total. The maximum absolute atomic E-state index is 12.2. The highest BCUT2D eigenvalue weighted by molar-refractivity contribution is 5.94. The lowest BCUT2D eigenvalue weighted by Gasteiger charge is -2.22. The van der Waals surface area contributed by atoms with Crippen molar-refractivity contribution in [1.29, 1.82) is 0 Å². The Hall–Kier alpha value is -1.55. The van der Waals surface area contributed by atoms with Crippen molar-refractivity contribution in [2.24, 2.45) is 5.92 Å². The zero-order valence-electron chi connectivity index (χ0n) is 13.6. The molecule has 1 amide bonds. The van der Waals surface area contributed by atoms with E-state index in [2.05, 4.69) is 24.2 Å². The Balaban J connectivity index is 2.70. The molecule has 0 heterocycles. The number of nitrogens with one attached hydrogen (secondary N) is 1. The van der Waals surface area contributed by atoms with Gasteiger partial charge < -0.3 is 15.3 Å². The van der Waals surface area contributed by atoms with E-state index >= 15 is 0 Å². The molecule has 0 aliphatic rings. The van der Waals surface area contributed by atoms with Gasteiger partial charge in [-0.2, -0.15) is 0 Å². The molecule has 1 rings (SSSR count). The van der Waals surface area contributed by atoms with Crippen LogP contribution in [-0.2, 0) is 0 Å². The molecule has 0 saturated carbocycles. The number of benzene rings is 1. The van der Waals surface area contributed by atoms with Gasteiger partial charge in [-0.3, -0.25) is 4.79 Å². The molecule has 21 heavy (non-hydrogen) atoms. The van der Waals surface area contributed by atoms with E-state index < -0.39 is 0 Å². The van der Waals surface area contributed by atoms with Crippen LogP contribution in [0, 0.1) is 5.92 Å². The maximum atomic E-state index is 12.2. The Labute approximate surface area is 128 Å². The zero-order chi connectivity index (χ0) is 15.8. The van der Waals surface area contributed by atoms with Crippen molar-refractivity contribution in [3.63, 3.8) is 0 Å². The number of aliphatic hydroxyl groups excluding tert-OH is 1. The summed E-state index contributed by atoms with van der Waals surface area (Å²) in [5, 5.41) is 12.1. The summed E-state index contributed by atoms with van der Waals surface area (Å²) >= 11 is 0. The van der Waals surface area contributed by atoms with Gasteiger partial charge in [-0.15, -0.1) is 0 Å². The minimum atomic E-state index is -0.0770. The minimum Gasteiger partial charge on any atom is -0.396 e. The van der Waals surface area contributed by atoms with Crippen LogP contribution in [0.15, 0.2) is 24.3 Å². The van der Waals surface area contributed by atoms with Crippen molar-refractivity contribution in [3.8, 4) is 0 Å². The summed E-state index contributed by atoms with van der Waals surface area (Å²) < 4.78 is 0. The summed E-state index contributed by atoms with van der Waals surface area (Å²) in [6.45, 7) is 7.32. The van der Waals surface area contributed by atoms with Crippen molar-refractivity contribution in [2.45, 2.75) is 39.7 Å². The van der Waals surface area contributed by atoms with E-state index in [1.54, 1.807) is 0 Å². The quantitative estimate of drug-likeness (QED) is 0.774. The van der Waals surface area contributed by atoms with E-state index in [0.717, 1.165) is 18.7 Å². The van der Waals surface area contributed by atoms with E-state index in [9.17, 15) is 4.79 Å². The molecule has 0 saturated heterocycles. The number of rotatable bonds is 8. The molecule has 0 fully saturated rings. The number of carbonyl (C=O) groups is 1. The molecule has 1 unspecified atom stereocenters. The van der Waals surface area contributed by atoms with Crippen LogP contribution < -0.4 is 10.2 Å². The lowest BCUT2D eigenvalue weighted by molar-refractivity contribution is 0.0916. The molecule has 0 aromatic heterocycles. The van der Waals surface area contributed by atoms with Crippen LogP contribution in [0.1, 0.15) is 44.0 Å². The monoisotopic (exact) mass is 292 g/mol. The third-order valence-corrected chi connectivity index (χ3v) is 3.69. The Morgan fingerprint density at radius 3 is 2.38 bits per heavy atom. The lowest BCUT2D eigenvalue weighted by atomic mass is 10.0. The Bertz CT molecular complexity index is 429. The standard InChI is InChI=1S/C17H28N2O2/c1-5-11-19(4)15-8-6-14(7-9-15)17(21)18-16(10-12-20)13(2)3/h6-9,13,16,20H,5,10-12H2,1-4H3,(H,18,21). The first-order valence-electron chi connectivity index (χ1n) is 7.72. The number of anilines is 1. The van der Waals surface area contributed by atoms with Gasteiger partial charge >= 0.3 is 0 Å². The normalized spacial score (nSPS) is 12.3. The molecule has 0 aliphatic heterocycles. The second kappa shape index (κ2) is 8.67. The highest BCUT2D eigenvalue weighted by Gasteiger charge is 2.16. The second-order valence-electron chi connectivity index (χ2n) is 5.80. The fourth-order valence-electron chi connectivity index (χ4n) is 2.29. The first kappa shape index (κ1) is 17.5. The van der Waals surface area contributed by atoms with Crippen molar-refractivity contribution < 1.29 is 9.90 Å². The average molecular weight is 292 g/mol. The molecule has 0 spiro atoms. The fraction of sp³-hybridized carbons (Fsp3) is 0.588. The SMILES string of the molecule is CCCN(C)c1ccc(C(=O)NC(CCO)C(C)C)cc1. The van der Waals surface area contributed by atoms with Gasteiger partial charge in [-0.05, 0) is 43.0 Å². The Morgan fingerprint density at radius 2 is 1.90 bits per heavy atom. The summed E-state index contributed by atoms with van der Waals surface area (Å²) in [5.74, 6) is 0.225. The van der Waals surface area contributed by atoms with Crippen LogP contribution in [0.5, 0.6) is 0 Å². The van der Waals surface area contributed by atoms with Crippen LogP contribution in [0.25, 0.3) is 0 Å². The van der Waals surface area contributed by atoms with Crippen molar-refractivity contribution in [3.05, 3.63) is 29.8 Å². The number of aliphatic hydroxyl groups is 1. The molecule has 1 aromatic rings. The number of carbonyl (C=O) groups excluding carboxylic acids is 1. The van der Waals surface area contributed by atoms with E-state index in [1.165, 1.54) is 0 Å². The predicted molar refractivity (Wildman–Crippen MR) is 87.8 cm³/mol. The van der Waals surface area contributed by atoms with E-state index in [4.69, 9.17) is 5.11 Å². The second-order valence-corrected chi connectivity index (χ2v) is 5.80. The van der Waals surface area contributed by atoms with Gasteiger partial charge in [-0.1, -0.05) is 20.8 Å². The average Bonchev–Trinajstić information content (AvgIpc) is 2.47. The number of amides is 1. The minimum absolute atomic E-state index is 0.00458. The first-order chi connectivity index (χ1) is 9.99. The van der Waals surface area contributed by atoms with Gasteiger partial charge in [0, 0.05) is 37.5 Å². The summed E-state index contributed by atoms with van der Waals surface area (Å²) in [4.78, 5) is 14.4. The lowest BCUT2D eigenvalue weighted by Crippen LogP contribution is -2.39. The van der Waals surface area contributed by atoms with Crippen LogP contribution in [0.3, 0.4) is 0 Å². The van der Waals surface area contributed by atoms with Crippen LogP contribution in [0.4, 0.5) is 5.69 Å². The summed E-state index contributed by atoms with van der Waals surface area (Å²) in [6.07, 6.45) is 1.68. The Kier molecular flexibility index (Phi) is 7.23. The molecule has 118 valence electrons. The van der Waals surface area contributed by atoms with Crippen LogP contribution in [-0.4, -0.2) is 37.3 Å². The topological polar surface area (TPSA) is 52.6 Å². The van der Waals surface area contributed by atoms with E-state index in [1.807, 2.05) is 38.1 Å². The van der Waals surface area contributed by atoms with Crippen LogP contribution >= 0.6 is 0 Å². The first-order valence-corrected chi connectivity index (χ1v) is 7.72. The van der Waals surface area contributed by atoms with E-state index in [0.29, 0.717) is 17.9 Å². The van der Waals surface area contributed by atoms with Gasteiger partial charge in [0.05, 0.1) is 0 Å². The molecule has 1 atom stereocenters. The largest absolute Gasteiger partial charge is 0.396 e. The number of hydrogen-bond donors (Lipinski definition) is 2. The maximum Gasteiger partial charge on any atom is 0.251 e. The molecular formula is C17H28N2O2. The van der Waals surface area contributed by atoms with Crippen molar-refractivity contribution in [2.75, 3.05) is 25.1 Å². The third kappa shape index (κ3) is 5.38. The molecule has 1 aromatic carbocycles. The highest BCUT2D eigenvalue weighted by atomic mass is 16.3. The third-order valence-electron chi connectivity index (χ3n) is 3.69. The summed E-state index contributed by atoms with van der Waals surface area (Å²) in [7, 11) is 2.05. The number of nitrogens with zero attached hydrogens (tertiary/aromatic N) is 1. The van der Waals surface area contributed by atoms with Gasteiger partial charge in [0.15, 0.2) is 0 Å². The molecule has 4 heteroatoms. The Morgan fingerprint density at radius 1 is 1.29 bits per heavy atom. The fourth-order valence-corrected chi connectivity index (χ4v) is 2.29. The predicted octanol–water partition coefficient (Wildman–Crippen LogP) is 2.67.